The van der Waals surface area contributed by atoms with Crippen molar-refractivity contribution in [2.24, 2.45) is 0 Å². The largest absolute Gasteiger partial charge is 0.339 e. The van der Waals surface area contributed by atoms with Crippen LogP contribution in [0.15, 0.2) is 42.5 Å². The number of benzene rings is 2. The van der Waals surface area contributed by atoms with E-state index >= 15 is 0 Å². The Kier molecular flexibility index (Phi) is 6.34. The molecule has 0 spiro atoms. The van der Waals surface area contributed by atoms with Gasteiger partial charge in [-0.15, -0.1) is 0 Å². The molecule has 0 saturated carbocycles. The molecule has 0 bridgehead atoms. The zero-order valence-electron chi connectivity index (χ0n) is 14.6. The topological polar surface area (TPSA) is 40.6 Å². The highest BCUT2D eigenvalue weighted by molar-refractivity contribution is 6.42. The van der Waals surface area contributed by atoms with Crippen LogP contribution in [0, 0.1) is 5.82 Å². The third-order valence-corrected chi connectivity index (χ3v) is 5.52. The predicted molar refractivity (Wildman–Crippen MR) is 104 cm³/mol. The van der Waals surface area contributed by atoms with Crippen molar-refractivity contribution in [3.63, 3.8) is 0 Å². The summed E-state index contributed by atoms with van der Waals surface area (Å²) < 4.78 is 13.8. The Morgan fingerprint density at radius 3 is 2.30 bits per heavy atom. The molecule has 0 unspecified atom stereocenters. The zero-order valence-corrected chi connectivity index (χ0v) is 16.1. The van der Waals surface area contributed by atoms with Crippen LogP contribution >= 0.6 is 23.2 Å². The second kappa shape index (κ2) is 8.72. The van der Waals surface area contributed by atoms with Crippen molar-refractivity contribution in [2.45, 2.75) is 12.8 Å². The number of halogens is 3. The molecule has 1 aliphatic heterocycles. The lowest BCUT2D eigenvalue weighted by molar-refractivity contribution is -0.132. The molecular weight excluding hydrogens is 390 g/mol. The van der Waals surface area contributed by atoms with Gasteiger partial charge in [-0.05, 0) is 30.2 Å². The summed E-state index contributed by atoms with van der Waals surface area (Å²) in [4.78, 5) is 28.2. The molecule has 4 nitrogen and oxygen atoms in total. The maximum absolute atomic E-state index is 13.8. The zero-order chi connectivity index (χ0) is 19.4. The Morgan fingerprint density at radius 2 is 1.59 bits per heavy atom. The normalized spacial score (nSPS) is 14.3. The number of carbonyl (C=O) groups excluding carboxylic acids is 2. The number of rotatable bonds is 4. The van der Waals surface area contributed by atoms with Crippen molar-refractivity contribution in [1.29, 1.82) is 0 Å². The lowest BCUT2D eigenvalue weighted by atomic mass is 10.1. The van der Waals surface area contributed by atoms with Gasteiger partial charge in [0.05, 0.1) is 15.6 Å². The van der Waals surface area contributed by atoms with Gasteiger partial charge in [0.2, 0.25) is 5.91 Å². The molecule has 1 heterocycles. The van der Waals surface area contributed by atoms with Crippen molar-refractivity contribution in [3.05, 3.63) is 69.5 Å². The molecular formula is C20H19Cl2FN2O2. The summed E-state index contributed by atoms with van der Waals surface area (Å²) in [5.74, 6) is -0.866. The summed E-state index contributed by atoms with van der Waals surface area (Å²) in [6, 6.07) is 11.3. The third-order valence-electron chi connectivity index (χ3n) is 4.66. The minimum absolute atomic E-state index is 0.00373. The quantitative estimate of drug-likeness (QED) is 0.765. The molecule has 0 radical (unpaired) electrons. The molecule has 0 aliphatic carbocycles. The van der Waals surface area contributed by atoms with E-state index in [1.54, 1.807) is 34.1 Å². The van der Waals surface area contributed by atoms with Gasteiger partial charge in [-0.1, -0.05) is 47.5 Å². The average molecular weight is 409 g/mol. The Labute approximate surface area is 167 Å². The fourth-order valence-corrected chi connectivity index (χ4v) is 3.52. The number of amides is 2. The molecule has 0 N–H and O–H groups in total. The molecule has 3 rings (SSSR count). The van der Waals surface area contributed by atoms with Gasteiger partial charge < -0.3 is 9.80 Å². The number of hydrogen-bond donors (Lipinski definition) is 0. The van der Waals surface area contributed by atoms with Crippen LogP contribution in [0.4, 0.5) is 4.39 Å². The lowest BCUT2D eigenvalue weighted by Gasteiger charge is -2.35. The molecule has 27 heavy (non-hydrogen) atoms. The first kappa shape index (κ1) is 19.6. The van der Waals surface area contributed by atoms with Gasteiger partial charge in [0.1, 0.15) is 5.82 Å². The van der Waals surface area contributed by atoms with E-state index in [9.17, 15) is 14.0 Å². The van der Waals surface area contributed by atoms with Crippen LogP contribution in [-0.2, 0) is 11.2 Å². The third kappa shape index (κ3) is 4.60. The molecule has 0 aromatic heterocycles. The summed E-state index contributed by atoms with van der Waals surface area (Å²) >= 11 is 12.1. The first-order valence-electron chi connectivity index (χ1n) is 8.72. The van der Waals surface area contributed by atoms with Crippen molar-refractivity contribution in [3.8, 4) is 0 Å². The molecule has 1 saturated heterocycles. The van der Waals surface area contributed by atoms with Crippen molar-refractivity contribution in [1.82, 2.24) is 9.80 Å². The van der Waals surface area contributed by atoms with E-state index in [0.717, 1.165) is 5.56 Å². The van der Waals surface area contributed by atoms with Crippen LogP contribution in [0.25, 0.3) is 0 Å². The Bertz CT molecular complexity index is 852. The van der Waals surface area contributed by atoms with Crippen molar-refractivity contribution in [2.75, 3.05) is 26.2 Å². The fraction of sp³-hybridized carbons (Fsp3) is 0.300. The van der Waals surface area contributed by atoms with E-state index in [1.807, 2.05) is 6.07 Å². The molecule has 2 aromatic rings. The minimum Gasteiger partial charge on any atom is -0.339 e. The molecule has 2 amide bonds. The van der Waals surface area contributed by atoms with Gasteiger partial charge in [-0.2, -0.15) is 0 Å². The molecule has 1 fully saturated rings. The lowest BCUT2D eigenvalue weighted by Crippen LogP contribution is -2.50. The maximum Gasteiger partial charge on any atom is 0.256 e. The van der Waals surface area contributed by atoms with Crippen molar-refractivity contribution >= 4 is 35.0 Å². The number of nitrogens with zero attached hydrogens (tertiary/aromatic N) is 2. The van der Waals surface area contributed by atoms with E-state index in [0.29, 0.717) is 49.1 Å². The fourth-order valence-electron chi connectivity index (χ4n) is 3.11. The Morgan fingerprint density at radius 1 is 0.926 bits per heavy atom. The first-order valence-corrected chi connectivity index (χ1v) is 9.47. The van der Waals surface area contributed by atoms with Crippen LogP contribution in [0.5, 0.6) is 0 Å². The van der Waals surface area contributed by atoms with Gasteiger partial charge in [0.25, 0.3) is 5.91 Å². The summed E-state index contributed by atoms with van der Waals surface area (Å²) in [6.07, 6.45) is 0.827. The Balaban J connectivity index is 1.53. The maximum atomic E-state index is 13.8. The Hall–Kier alpha value is -2.11. The summed E-state index contributed by atoms with van der Waals surface area (Å²) in [5, 5.41) is 0.953. The number of hydrogen-bond acceptors (Lipinski definition) is 2. The van der Waals surface area contributed by atoms with E-state index in [1.165, 1.54) is 12.1 Å². The number of aryl methyl sites for hydroxylation is 1. The van der Waals surface area contributed by atoms with E-state index in [-0.39, 0.29) is 17.4 Å². The van der Waals surface area contributed by atoms with Crippen LogP contribution in [0.2, 0.25) is 10.0 Å². The second-order valence-electron chi connectivity index (χ2n) is 6.37. The van der Waals surface area contributed by atoms with Gasteiger partial charge in [-0.25, -0.2) is 4.39 Å². The second-order valence-corrected chi connectivity index (χ2v) is 7.15. The highest BCUT2D eigenvalue weighted by Gasteiger charge is 2.26. The summed E-state index contributed by atoms with van der Waals surface area (Å²) in [6.45, 7) is 1.64. The van der Waals surface area contributed by atoms with E-state index in [2.05, 4.69) is 0 Å². The van der Waals surface area contributed by atoms with Crippen LogP contribution < -0.4 is 0 Å². The highest BCUT2D eigenvalue weighted by Crippen LogP contribution is 2.26. The molecule has 2 aromatic carbocycles. The number of piperazine rings is 1. The van der Waals surface area contributed by atoms with Crippen LogP contribution in [-0.4, -0.2) is 47.8 Å². The molecule has 1 aliphatic rings. The highest BCUT2D eigenvalue weighted by atomic mass is 35.5. The molecule has 0 atom stereocenters. The predicted octanol–water partition coefficient (Wildman–Crippen LogP) is 4.05. The van der Waals surface area contributed by atoms with Gasteiger partial charge >= 0.3 is 0 Å². The van der Waals surface area contributed by atoms with E-state index < -0.39 is 5.82 Å². The molecule has 7 heteroatoms. The van der Waals surface area contributed by atoms with Gasteiger partial charge in [0.15, 0.2) is 0 Å². The van der Waals surface area contributed by atoms with Crippen molar-refractivity contribution < 1.29 is 14.0 Å². The minimum atomic E-state index is -0.528. The summed E-state index contributed by atoms with van der Waals surface area (Å²) in [7, 11) is 0. The van der Waals surface area contributed by atoms with E-state index in [4.69, 9.17) is 23.2 Å². The van der Waals surface area contributed by atoms with Gasteiger partial charge in [-0.3, -0.25) is 9.59 Å². The van der Waals surface area contributed by atoms with Gasteiger partial charge in [0, 0.05) is 32.6 Å². The SMILES string of the molecule is O=C(CCc1cccc(Cl)c1Cl)N1CCN(C(=O)c2ccccc2F)CC1. The average Bonchev–Trinajstić information content (AvgIpc) is 2.69. The smallest absolute Gasteiger partial charge is 0.256 e. The first-order chi connectivity index (χ1) is 13.0. The summed E-state index contributed by atoms with van der Waals surface area (Å²) in [5.41, 5.74) is 0.902. The standard InChI is InChI=1S/C20H19Cl2FN2O2/c21-16-6-3-4-14(19(16)22)8-9-18(26)24-10-12-25(13-11-24)20(27)15-5-1-2-7-17(15)23/h1-7H,8-13H2. The van der Waals surface area contributed by atoms with Crippen LogP contribution in [0.1, 0.15) is 22.3 Å². The monoisotopic (exact) mass is 408 g/mol. The molecule has 142 valence electrons. The number of carbonyl (C=O) groups is 2. The van der Waals surface area contributed by atoms with Crippen LogP contribution in [0.3, 0.4) is 0 Å².